The van der Waals surface area contributed by atoms with E-state index < -0.39 is 10.0 Å². The van der Waals surface area contributed by atoms with Crippen LogP contribution in [0.2, 0.25) is 0 Å². The van der Waals surface area contributed by atoms with Gasteiger partial charge in [0.15, 0.2) is 0 Å². The first kappa shape index (κ1) is 24.1. The second kappa shape index (κ2) is 10.9. The number of nitrogens with zero attached hydrogens (tertiary/aromatic N) is 1. The van der Waals surface area contributed by atoms with Crippen LogP contribution in [0.25, 0.3) is 0 Å². The van der Waals surface area contributed by atoms with Crippen LogP contribution in [0.4, 0.5) is 10.5 Å². The first-order valence-electron chi connectivity index (χ1n) is 11.9. The molecule has 0 aromatic heterocycles. The first-order chi connectivity index (χ1) is 16.4. The Morgan fingerprint density at radius 3 is 1.97 bits per heavy atom. The number of para-hydroxylation sites is 1. The SMILES string of the molecule is O=C(NC1CCCCC1)NC1CCN(C(=O)c2ccc(S(=O)(=O)Nc3ccccc3)cc2)CC1. The van der Waals surface area contributed by atoms with Gasteiger partial charge >= 0.3 is 6.03 Å². The summed E-state index contributed by atoms with van der Waals surface area (Å²) < 4.78 is 27.7. The number of rotatable bonds is 6. The average Bonchev–Trinajstić information content (AvgIpc) is 2.85. The van der Waals surface area contributed by atoms with Crippen molar-refractivity contribution in [2.45, 2.75) is 61.9 Å². The fourth-order valence-electron chi connectivity index (χ4n) is 4.57. The van der Waals surface area contributed by atoms with E-state index in [1.165, 1.54) is 31.4 Å². The number of urea groups is 1. The van der Waals surface area contributed by atoms with E-state index >= 15 is 0 Å². The van der Waals surface area contributed by atoms with Gasteiger partial charge in [-0.25, -0.2) is 13.2 Å². The predicted octanol–water partition coefficient (Wildman–Crippen LogP) is 3.72. The Morgan fingerprint density at radius 2 is 1.35 bits per heavy atom. The van der Waals surface area contributed by atoms with Crippen LogP contribution in [0.5, 0.6) is 0 Å². The number of benzene rings is 2. The summed E-state index contributed by atoms with van der Waals surface area (Å²) in [4.78, 5) is 27.0. The number of carbonyl (C=O) groups is 2. The van der Waals surface area contributed by atoms with Crippen LogP contribution < -0.4 is 15.4 Å². The van der Waals surface area contributed by atoms with E-state index in [9.17, 15) is 18.0 Å². The molecule has 1 saturated carbocycles. The van der Waals surface area contributed by atoms with E-state index in [1.807, 2.05) is 6.07 Å². The van der Waals surface area contributed by atoms with Crippen molar-refractivity contribution in [3.05, 3.63) is 60.2 Å². The van der Waals surface area contributed by atoms with Crippen molar-refractivity contribution in [3.8, 4) is 0 Å². The zero-order chi connectivity index (χ0) is 24.0. The maximum absolute atomic E-state index is 12.9. The smallest absolute Gasteiger partial charge is 0.315 e. The molecule has 2 aromatic rings. The molecule has 0 atom stereocenters. The van der Waals surface area contributed by atoms with Gasteiger partial charge < -0.3 is 15.5 Å². The van der Waals surface area contributed by atoms with E-state index in [-0.39, 0.29) is 28.9 Å². The van der Waals surface area contributed by atoms with Crippen molar-refractivity contribution in [2.24, 2.45) is 0 Å². The molecule has 1 heterocycles. The van der Waals surface area contributed by atoms with Crippen LogP contribution in [0, 0.1) is 0 Å². The fraction of sp³-hybridized carbons (Fsp3) is 0.440. The molecule has 4 rings (SSSR count). The van der Waals surface area contributed by atoms with Crippen molar-refractivity contribution in [1.82, 2.24) is 15.5 Å². The lowest BCUT2D eigenvalue weighted by atomic mass is 9.96. The number of amides is 3. The van der Waals surface area contributed by atoms with E-state index in [1.54, 1.807) is 41.3 Å². The summed E-state index contributed by atoms with van der Waals surface area (Å²) >= 11 is 0. The molecule has 0 bridgehead atoms. The third kappa shape index (κ3) is 6.28. The number of nitrogens with one attached hydrogen (secondary N) is 3. The summed E-state index contributed by atoms with van der Waals surface area (Å²) in [6.45, 7) is 1.09. The largest absolute Gasteiger partial charge is 0.338 e. The Morgan fingerprint density at radius 1 is 0.765 bits per heavy atom. The van der Waals surface area contributed by atoms with Gasteiger partial charge in [-0.15, -0.1) is 0 Å². The Balaban J connectivity index is 1.27. The molecule has 1 aliphatic heterocycles. The third-order valence-corrected chi connectivity index (χ3v) is 7.89. The molecule has 0 radical (unpaired) electrons. The van der Waals surface area contributed by atoms with E-state index in [0.717, 1.165) is 12.8 Å². The molecule has 3 amide bonds. The summed E-state index contributed by atoms with van der Waals surface area (Å²) in [6.07, 6.45) is 7.05. The lowest BCUT2D eigenvalue weighted by Gasteiger charge is -2.33. The lowest BCUT2D eigenvalue weighted by molar-refractivity contribution is 0.0708. The van der Waals surface area contributed by atoms with Crippen molar-refractivity contribution in [2.75, 3.05) is 17.8 Å². The van der Waals surface area contributed by atoms with Crippen molar-refractivity contribution < 1.29 is 18.0 Å². The Hall–Kier alpha value is -3.07. The molecule has 34 heavy (non-hydrogen) atoms. The van der Waals surface area contributed by atoms with Crippen LogP contribution in [-0.2, 0) is 10.0 Å². The Bertz CT molecular complexity index is 1080. The number of anilines is 1. The highest BCUT2D eigenvalue weighted by atomic mass is 32.2. The summed E-state index contributed by atoms with van der Waals surface area (Å²) in [5.41, 5.74) is 0.923. The quantitative estimate of drug-likeness (QED) is 0.581. The van der Waals surface area contributed by atoms with Crippen LogP contribution in [0.15, 0.2) is 59.5 Å². The first-order valence-corrected chi connectivity index (χ1v) is 13.4. The highest BCUT2D eigenvalue weighted by Crippen LogP contribution is 2.20. The van der Waals surface area contributed by atoms with Crippen LogP contribution in [-0.4, -0.2) is 50.4 Å². The van der Waals surface area contributed by atoms with Gasteiger partial charge in [-0.2, -0.15) is 0 Å². The third-order valence-electron chi connectivity index (χ3n) is 6.50. The second-order valence-electron chi connectivity index (χ2n) is 9.02. The Kier molecular flexibility index (Phi) is 7.72. The molecule has 3 N–H and O–H groups in total. The summed E-state index contributed by atoms with van der Waals surface area (Å²) in [5, 5.41) is 6.12. The summed E-state index contributed by atoms with van der Waals surface area (Å²) in [5.74, 6) is -0.134. The number of hydrogen-bond donors (Lipinski definition) is 3. The molecule has 2 fully saturated rings. The topological polar surface area (TPSA) is 108 Å². The Labute approximate surface area is 201 Å². The normalized spacial score (nSPS) is 17.7. The number of hydrogen-bond acceptors (Lipinski definition) is 4. The molecular weight excluding hydrogens is 452 g/mol. The zero-order valence-corrected chi connectivity index (χ0v) is 20.0. The van der Waals surface area contributed by atoms with E-state index in [4.69, 9.17) is 0 Å². The van der Waals surface area contributed by atoms with Gasteiger partial charge in [0.2, 0.25) is 0 Å². The van der Waals surface area contributed by atoms with E-state index in [2.05, 4.69) is 15.4 Å². The molecule has 1 aliphatic carbocycles. The molecule has 182 valence electrons. The van der Waals surface area contributed by atoms with Gasteiger partial charge in [-0.05, 0) is 62.1 Å². The van der Waals surface area contributed by atoms with Crippen LogP contribution in [0.3, 0.4) is 0 Å². The van der Waals surface area contributed by atoms with Gasteiger partial charge in [0.1, 0.15) is 0 Å². The highest BCUT2D eigenvalue weighted by Gasteiger charge is 2.26. The number of likely N-dealkylation sites (tertiary alicyclic amines) is 1. The van der Waals surface area contributed by atoms with Crippen LogP contribution >= 0.6 is 0 Å². The average molecular weight is 485 g/mol. The fourth-order valence-corrected chi connectivity index (χ4v) is 5.62. The molecule has 8 nitrogen and oxygen atoms in total. The highest BCUT2D eigenvalue weighted by molar-refractivity contribution is 7.92. The maximum atomic E-state index is 12.9. The van der Waals surface area contributed by atoms with Gasteiger partial charge in [0, 0.05) is 36.4 Å². The zero-order valence-electron chi connectivity index (χ0n) is 19.2. The molecule has 1 saturated heterocycles. The summed E-state index contributed by atoms with van der Waals surface area (Å²) in [7, 11) is -3.73. The van der Waals surface area contributed by atoms with Crippen LogP contribution in [0.1, 0.15) is 55.3 Å². The second-order valence-corrected chi connectivity index (χ2v) is 10.7. The minimum absolute atomic E-state index is 0.0456. The molecule has 2 aliphatic rings. The number of piperidine rings is 1. The van der Waals surface area contributed by atoms with Gasteiger partial charge in [0.05, 0.1) is 4.90 Å². The van der Waals surface area contributed by atoms with E-state index in [0.29, 0.717) is 37.2 Å². The number of carbonyl (C=O) groups excluding carboxylic acids is 2. The lowest BCUT2D eigenvalue weighted by Crippen LogP contribution is -2.51. The van der Waals surface area contributed by atoms with Gasteiger partial charge in [-0.1, -0.05) is 37.5 Å². The van der Waals surface area contributed by atoms with Crippen molar-refractivity contribution >= 4 is 27.6 Å². The van der Waals surface area contributed by atoms with Crippen molar-refractivity contribution in [1.29, 1.82) is 0 Å². The van der Waals surface area contributed by atoms with Gasteiger partial charge in [0.25, 0.3) is 15.9 Å². The summed E-state index contributed by atoms with van der Waals surface area (Å²) in [6, 6.07) is 14.8. The maximum Gasteiger partial charge on any atom is 0.315 e. The standard InChI is InChI=1S/C25H32N4O4S/c30-24(19-11-13-23(14-12-19)34(32,33)28-22-9-5-2-6-10-22)29-17-15-21(16-18-29)27-25(31)26-20-7-3-1-4-8-20/h2,5-6,9-14,20-21,28H,1,3-4,7-8,15-18H2,(H2,26,27,31). The molecule has 0 unspecified atom stereocenters. The molecular formula is C25H32N4O4S. The van der Waals surface area contributed by atoms with Crippen molar-refractivity contribution in [3.63, 3.8) is 0 Å². The minimum Gasteiger partial charge on any atom is -0.338 e. The number of sulfonamides is 1. The monoisotopic (exact) mass is 484 g/mol. The minimum atomic E-state index is -3.73. The molecule has 2 aromatic carbocycles. The predicted molar refractivity (Wildman–Crippen MR) is 131 cm³/mol. The molecule has 0 spiro atoms. The molecule has 9 heteroatoms. The van der Waals surface area contributed by atoms with Gasteiger partial charge in [-0.3, -0.25) is 9.52 Å².